The third-order valence-electron chi connectivity index (χ3n) is 4.15. The van der Waals surface area contributed by atoms with Crippen molar-refractivity contribution in [3.63, 3.8) is 0 Å². The number of rotatable bonds is 5. The summed E-state index contributed by atoms with van der Waals surface area (Å²) >= 11 is 0. The van der Waals surface area contributed by atoms with Crippen LogP contribution in [0, 0.1) is 5.92 Å². The number of hydrogen-bond acceptors (Lipinski definition) is 4. The van der Waals surface area contributed by atoms with Gasteiger partial charge in [0, 0.05) is 18.7 Å². The maximum Gasteiger partial charge on any atom is 0.255 e. The average molecular weight is 292 g/mol. The van der Waals surface area contributed by atoms with Crippen molar-refractivity contribution in [2.45, 2.75) is 31.7 Å². The number of carbonyl (C=O) groups is 1. The van der Waals surface area contributed by atoms with Gasteiger partial charge in [-0.05, 0) is 30.9 Å². The maximum absolute atomic E-state index is 12.3. The number of methoxy groups -OCH3 is 2. The summed E-state index contributed by atoms with van der Waals surface area (Å²) in [6, 6.07) is 5.37. The van der Waals surface area contributed by atoms with Crippen LogP contribution >= 0.6 is 0 Å². The minimum Gasteiger partial charge on any atom is -0.497 e. The summed E-state index contributed by atoms with van der Waals surface area (Å²) in [6.07, 6.45) is 4.52. The van der Waals surface area contributed by atoms with Gasteiger partial charge in [-0.3, -0.25) is 4.79 Å². The molecule has 116 valence electrons. The first-order chi connectivity index (χ1) is 10.2. The van der Waals surface area contributed by atoms with Crippen LogP contribution in [-0.4, -0.2) is 32.7 Å². The first kappa shape index (κ1) is 15.6. The Bertz CT molecular complexity index is 490. The summed E-state index contributed by atoms with van der Waals surface area (Å²) in [4.78, 5) is 12.3. The molecule has 0 spiro atoms. The molecule has 0 bridgehead atoms. The first-order valence-corrected chi connectivity index (χ1v) is 7.41. The van der Waals surface area contributed by atoms with Gasteiger partial charge in [-0.15, -0.1) is 0 Å². The van der Waals surface area contributed by atoms with E-state index in [0.29, 0.717) is 29.5 Å². The van der Waals surface area contributed by atoms with E-state index in [1.54, 1.807) is 32.4 Å². The summed E-state index contributed by atoms with van der Waals surface area (Å²) in [5.41, 5.74) is 6.62. The van der Waals surface area contributed by atoms with E-state index in [9.17, 15) is 4.79 Å². The molecular formula is C16H24N2O3. The van der Waals surface area contributed by atoms with Crippen molar-refractivity contribution < 1.29 is 14.3 Å². The lowest BCUT2D eigenvalue weighted by atomic mass is 9.85. The van der Waals surface area contributed by atoms with Crippen molar-refractivity contribution in [1.29, 1.82) is 0 Å². The molecule has 1 aromatic rings. The highest BCUT2D eigenvalue weighted by Crippen LogP contribution is 2.25. The molecule has 2 rings (SSSR count). The molecule has 5 nitrogen and oxygen atoms in total. The normalized spacial score (nSPS) is 21.7. The summed E-state index contributed by atoms with van der Waals surface area (Å²) in [7, 11) is 3.13. The van der Waals surface area contributed by atoms with Crippen LogP contribution in [0.25, 0.3) is 0 Å². The van der Waals surface area contributed by atoms with Gasteiger partial charge in [-0.1, -0.05) is 12.8 Å². The van der Waals surface area contributed by atoms with Gasteiger partial charge in [-0.25, -0.2) is 0 Å². The minimum absolute atomic E-state index is 0.132. The third kappa shape index (κ3) is 3.88. The van der Waals surface area contributed by atoms with E-state index in [2.05, 4.69) is 5.32 Å². The number of nitrogens with two attached hydrogens (primary N) is 1. The molecule has 5 heteroatoms. The van der Waals surface area contributed by atoms with Crippen LogP contribution in [0.4, 0.5) is 0 Å². The molecule has 3 N–H and O–H groups in total. The predicted octanol–water partition coefficient (Wildman–Crippen LogP) is 1.95. The molecule has 1 saturated carbocycles. The molecule has 2 atom stereocenters. The summed E-state index contributed by atoms with van der Waals surface area (Å²) in [5, 5.41) is 2.97. The Balaban J connectivity index is 1.99. The lowest BCUT2D eigenvalue weighted by Crippen LogP contribution is -2.41. The topological polar surface area (TPSA) is 73.6 Å². The van der Waals surface area contributed by atoms with E-state index < -0.39 is 0 Å². The first-order valence-electron chi connectivity index (χ1n) is 7.41. The molecule has 0 aliphatic heterocycles. The van der Waals surface area contributed by atoms with Crippen molar-refractivity contribution in [3.05, 3.63) is 23.8 Å². The van der Waals surface area contributed by atoms with Crippen molar-refractivity contribution in [2.75, 3.05) is 20.8 Å². The van der Waals surface area contributed by atoms with Gasteiger partial charge in [0.05, 0.1) is 19.8 Å². The molecule has 1 aliphatic rings. The summed E-state index contributed by atoms with van der Waals surface area (Å²) < 4.78 is 10.4. The molecule has 2 unspecified atom stereocenters. The van der Waals surface area contributed by atoms with Gasteiger partial charge in [0.25, 0.3) is 5.91 Å². The van der Waals surface area contributed by atoms with Gasteiger partial charge in [0.2, 0.25) is 0 Å². The highest BCUT2D eigenvalue weighted by Gasteiger charge is 2.23. The Labute approximate surface area is 125 Å². The Kier molecular flexibility index (Phi) is 5.44. The molecule has 0 radical (unpaired) electrons. The monoisotopic (exact) mass is 292 g/mol. The lowest BCUT2D eigenvalue weighted by Gasteiger charge is -2.28. The fraction of sp³-hybridized carbons (Fsp3) is 0.562. The minimum atomic E-state index is -0.132. The van der Waals surface area contributed by atoms with Crippen LogP contribution in [0.1, 0.15) is 36.0 Å². The molecule has 1 amide bonds. The lowest BCUT2D eigenvalue weighted by molar-refractivity contribution is 0.0938. The zero-order chi connectivity index (χ0) is 15.2. The van der Waals surface area contributed by atoms with E-state index in [-0.39, 0.29) is 11.9 Å². The molecule has 0 saturated heterocycles. The quantitative estimate of drug-likeness (QED) is 0.870. The smallest absolute Gasteiger partial charge is 0.255 e. The number of nitrogens with one attached hydrogen (secondary N) is 1. The van der Waals surface area contributed by atoms with Crippen LogP contribution in [0.3, 0.4) is 0 Å². The second-order valence-electron chi connectivity index (χ2n) is 5.48. The standard InChI is InChI=1S/C16H24N2O3/c1-20-12-7-8-13(15(9-12)21-2)16(19)18-10-11-5-3-4-6-14(11)17/h7-9,11,14H,3-6,10,17H2,1-2H3,(H,18,19). The Morgan fingerprint density at radius 1 is 1.29 bits per heavy atom. The zero-order valence-corrected chi connectivity index (χ0v) is 12.7. The molecule has 1 fully saturated rings. The van der Waals surface area contributed by atoms with Crippen LogP contribution in [0.5, 0.6) is 11.5 Å². The van der Waals surface area contributed by atoms with Crippen LogP contribution in [0.2, 0.25) is 0 Å². The van der Waals surface area contributed by atoms with Gasteiger partial charge < -0.3 is 20.5 Å². The van der Waals surface area contributed by atoms with E-state index in [4.69, 9.17) is 15.2 Å². The maximum atomic E-state index is 12.3. The van der Waals surface area contributed by atoms with E-state index >= 15 is 0 Å². The van der Waals surface area contributed by atoms with Crippen LogP contribution in [-0.2, 0) is 0 Å². The molecule has 0 aromatic heterocycles. The van der Waals surface area contributed by atoms with E-state index in [0.717, 1.165) is 12.8 Å². The largest absolute Gasteiger partial charge is 0.497 e. The van der Waals surface area contributed by atoms with E-state index in [1.807, 2.05) is 0 Å². The second kappa shape index (κ2) is 7.31. The van der Waals surface area contributed by atoms with Gasteiger partial charge in [0.1, 0.15) is 11.5 Å². The fourth-order valence-electron chi connectivity index (χ4n) is 2.79. The predicted molar refractivity (Wildman–Crippen MR) is 81.8 cm³/mol. The number of carbonyl (C=O) groups excluding carboxylic acids is 1. The second-order valence-corrected chi connectivity index (χ2v) is 5.48. The van der Waals surface area contributed by atoms with Gasteiger partial charge in [-0.2, -0.15) is 0 Å². The van der Waals surface area contributed by atoms with Crippen molar-refractivity contribution in [3.8, 4) is 11.5 Å². The molecule has 1 aromatic carbocycles. The van der Waals surface area contributed by atoms with Gasteiger partial charge >= 0.3 is 0 Å². The Hall–Kier alpha value is -1.75. The SMILES string of the molecule is COc1ccc(C(=O)NCC2CCCCC2N)c(OC)c1. The number of ether oxygens (including phenoxy) is 2. The zero-order valence-electron chi connectivity index (χ0n) is 12.7. The molecular weight excluding hydrogens is 268 g/mol. The number of benzene rings is 1. The van der Waals surface area contributed by atoms with Crippen molar-refractivity contribution >= 4 is 5.91 Å². The summed E-state index contributed by atoms with van der Waals surface area (Å²) in [5.74, 6) is 1.41. The third-order valence-corrected chi connectivity index (χ3v) is 4.15. The van der Waals surface area contributed by atoms with E-state index in [1.165, 1.54) is 12.8 Å². The van der Waals surface area contributed by atoms with Crippen LogP contribution in [0.15, 0.2) is 18.2 Å². The van der Waals surface area contributed by atoms with Crippen molar-refractivity contribution in [1.82, 2.24) is 5.32 Å². The van der Waals surface area contributed by atoms with Gasteiger partial charge in [0.15, 0.2) is 0 Å². The Morgan fingerprint density at radius 3 is 2.71 bits per heavy atom. The highest BCUT2D eigenvalue weighted by atomic mass is 16.5. The fourth-order valence-corrected chi connectivity index (χ4v) is 2.79. The van der Waals surface area contributed by atoms with Crippen molar-refractivity contribution in [2.24, 2.45) is 11.7 Å². The Morgan fingerprint density at radius 2 is 2.05 bits per heavy atom. The van der Waals surface area contributed by atoms with Crippen LogP contribution < -0.4 is 20.5 Å². The molecule has 0 heterocycles. The number of hydrogen-bond donors (Lipinski definition) is 2. The highest BCUT2D eigenvalue weighted by molar-refractivity contribution is 5.97. The summed E-state index contributed by atoms with van der Waals surface area (Å²) in [6.45, 7) is 0.620. The average Bonchev–Trinajstić information content (AvgIpc) is 2.53. The molecule has 21 heavy (non-hydrogen) atoms. The number of amides is 1. The molecule has 1 aliphatic carbocycles.